The smallest absolute Gasteiger partial charge is 0.157 e. The highest BCUT2D eigenvalue weighted by Gasteiger charge is 2.16. The van der Waals surface area contributed by atoms with Gasteiger partial charge in [0.15, 0.2) is 5.65 Å². The minimum absolute atomic E-state index is 0.799. The van der Waals surface area contributed by atoms with Crippen molar-refractivity contribution in [3.05, 3.63) is 59.9 Å². The SMILES string of the molecule is C#Cc1ccsc1-c1nc2cnccn2c1NC.c1cc2cc-2c1. The second kappa shape index (κ2) is 5.84. The predicted octanol–water partition coefficient (Wildman–Crippen LogP) is 4.15. The molecule has 0 atom stereocenters. The van der Waals surface area contributed by atoms with Crippen LogP contribution in [0.25, 0.3) is 27.3 Å². The molecule has 3 aromatic heterocycles. The van der Waals surface area contributed by atoms with Gasteiger partial charge >= 0.3 is 0 Å². The van der Waals surface area contributed by atoms with Crippen LogP contribution in [0.15, 0.2) is 54.3 Å². The van der Waals surface area contributed by atoms with Crippen LogP contribution in [0, 0.1) is 12.3 Å². The number of terminal acetylenes is 1. The van der Waals surface area contributed by atoms with Crippen molar-refractivity contribution in [3.63, 3.8) is 0 Å². The van der Waals surface area contributed by atoms with Gasteiger partial charge in [-0.1, -0.05) is 24.1 Å². The van der Waals surface area contributed by atoms with Crippen molar-refractivity contribution in [3.8, 4) is 34.0 Å². The Kier molecular flexibility index (Phi) is 3.52. The summed E-state index contributed by atoms with van der Waals surface area (Å²) in [6, 6.07) is 10.4. The van der Waals surface area contributed by atoms with Gasteiger partial charge in [0.1, 0.15) is 11.5 Å². The molecule has 1 N–H and O–H groups in total. The standard InChI is InChI=1S/C13H10N4S.C6H4/c1-3-9-4-7-18-12(9)11-13(14-2)17-6-5-15-8-10(17)16-11;1-2-5-4-6(5)3-1/h1,4-8,14H,2H3;1-4H. The van der Waals surface area contributed by atoms with Crippen LogP contribution in [0.1, 0.15) is 5.56 Å². The summed E-state index contributed by atoms with van der Waals surface area (Å²) in [5.74, 6) is 3.61. The lowest BCUT2D eigenvalue weighted by atomic mass is 10.2. The summed E-state index contributed by atoms with van der Waals surface area (Å²) in [7, 11) is 1.87. The van der Waals surface area contributed by atoms with E-state index < -0.39 is 0 Å². The van der Waals surface area contributed by atoms with E-state index in [4.69, 9.17) is 6.42 Å². The summed E-state index contributed by atoms with van der Waals surface area (Å²) in [4.78, 5) is 9.67. The molecule has 5 heteroatoms. The molecule has 0 aromatic carbocycles. The first kappa shape index (κ1) is 14.5. The second-order valence-electron chi connectivity index (χ2n) is 5.25. The van der Waals surface area contributed by atoms with Crippen molar-refractivity contribution in [2.75, 3.05) is 12.4 Å². The van der Waals surface area contributed by atoms with Gasteiger partial charge in [0.05, 0.1) is 11.1 Å². The van der Waals surface area contributed by atoms with Crippen molar-refractivity contribution in [2.45, 2.75) is 0 Å². The number of nitrogens with one attached hydrogen (secondary N) is 1. The fourth-order valence-electron chi connectivity index (χ4n) is 2.59. The minimum atomic E-state index is 0.799. The Hall–Kier alpha value is -3.10. The Balaban J connectivity index is 0.000000201. The molecule has 0 amide bonds. The average molecular weight is 330 g/mol. The molecule has 4 nitrogen and oxygen atoms in total. The summed E-state index contributed by atoms with van der Waals surface area (Å²) >= 11 is 1.59. The Morgan fingerprint density at radius 1 is 1.25 bits per heavy atom. The van der Waals surface area contributed by atoms with E-state index in [0.717, 1.165) is 27.6 Å². The van der Waals surface area contributed by atoms with Gasteiger partial charge in [0, 0.05) is 25.0 Å². The molecule has 0 fully saturated rings. The molecule has 2 aliphatic rings. The molecule has 0 saturated heterocycles. The summed E-state index contributed by atoms with van der Waals surface area (Å²) in [6.45, 7) is 0. The zero-order chi connectivity index (χ0) is 16.5. The van der Waals surface area contributed by atoms with E-state index in [0.29, 0.717) is 0 Å². The van der Waals surface area contributed by atoms with Crippen LogP contribution in [0.2, 0.25) is 0 Å². The number of hydrogen-bond donors (Lipinski definition) is 1. The third-order valence-electron chi connectivity index (χ3n) is 3.82. The van der Waals surface area contributed by atoms with Crippen LogP contribution in [-0.4, -0.2) is 21.4 Å². The van der Waals surface area contributed by atoms with Gasteiger partial charge in [0.2, 0.25) is 0 Å². The number of hydrogen-bond acceptors (Lipinski definition) is 4. The number of anilines is 1. The zero-order valence-corrected chi connectivity index (χ0v) is 13.8. The molecule has 3 aromatic rings. The van der Waals surface area contributed by atoms with E-state index in [1.807, 2.05) is 29.1 Å². The van der Waals surface area contributed by atoms with Gasteiger partial charge < -0.3 is 5.32 Å². The normalized spacial score (nSPS) is 10.7. The molecule has 116 valence electrons. The van der Waals surface area contributed by atoms with Crippen LogP contribution >= 0.6 is 11.3 Å². The molecule has 0 unspecified atom stereocenters. The lowest BCUT2D eigenvalue weighted by Gasteiger charge is -2.02. The number of benzene rings is 1. The number of nitrogens with zero attached hydrogens (tertiary/aromatic N) is 3. The third-order valence-corrected chi connectivity index (χ3v) is 4.74. The first-order chi connectivity index (χ1) is 11.8. The van der Waals surface area contributed by atoms with Crippen molar-refractivity contribution >= 4 is 22.8 Å². The van der Waals surface area contributed by atoms with Crippen LogP contribution < -0.4 is 5.32 Å². The van der Waals surface area contributed by atoms with Gasteiger partial charge in [-0.2, -0.15) is 0 Å². The van der Waals surface area contributed by atoms with E-state index in [2.05, 4.69) is 45.5 Å². The van der Waals surface area contributed by atoms with Gasteiger partial charge in [-0.3, -0.25) is 9.38 Å². The largest absolute Gasteiger partial charge is 0.372 e. The van der Waals surface area contributed by atoms with Gasteiger partial charge in [-0.15, -0.1) is 17.8 Å². The number of aromatic nitrogens is 3. The molecule has 2 aliphatic carbocycles. The molecule has 0 bridgehead atoms. The molecular formula is C19H14N4S. The quantitative estimate of drug-likeness (QED) is 0.495. The van der Waals surface area contributed by atoms with Crippen molar-refractivity contribution in [1.29, 1.82) is 0 Å². The van der Waals surface area contributed by atoms with Crippen LogP contribution in [-0.2, 0) is 0 Å². The zero-order valence-electron chi connectivity index (χ0n) is 13.0. The second-order valence-corrected chi connectivity index (χ2v) is 6.17. The monoisotopic (exact) mass is 330 g/mol. The molecular weight excluding hydrogens is 316 g/mol. The fraction of sp³-hybridized carbons (Fsp3) is 0.0526. The maximum atomic E-state index is 5.51. The maximum absolute atomic E-state index is 5.51. The van der Waals surface area contributed by atoms with E-state index in [-0.39, 0.29) is 0 Å². The highest BCUT2D eigenvalue weighted by Crippen LogP contribution is 2.34. The van der Waals surface area contributed by atoms with E-state index >= 15 is 0 Å². The Labute approximate surface area is 143 Å². The number of rotatable bonds is 2. The third kappa shape index (κ3) is 2.43. The van der Waals surface area contributed by atoms with E-state index in [1.54, 1.807) is 23.7 Å². The maximum Gasteiger partial charge on any atom is 0.157 e. The Bertz CT molecular complexity index is 1050. The number of fused-ring (bicyclic) bond motifs is 2. The Morgan fingerprint density at radius 2 is 2.08 bits per heavy atom. The Morgan fingerprint density at radius 3 is 2.71 bits per heavy atom. The van der Waals surface area contributed by atoms with Crippen LogP contribution in [0.4, 0.5) is 5.82 Å². The predicted molar refractivity (Wildman–Crippen MR) is 99.2 cm³/mol. The van der Waals surface area contributed by atoms with E-state index in [9.17, 15) is 0 Å². The highest BCUT2D eigenvalue weighted by molar-refractivity contribution is 7.13. The molecule has 24 heavy (non-hydrogen) atoms. The average Bonchev–Trinajstić information content (AvgIpc) is 3.04. The fourth-order valence-corrected chi connectivity index (χ4v) is 3.43. The number of imidazole rings is 1. The molecule has 0 spiro atoms. The first-order valence-corrected chi connectivity index (χ1v) is 8.34. The lowest BCUT2D eigenvalue weighted by molar-refractivity contribution is 1.12. The van der Waals surface area contributed by atoms with Gasteiger partial charge in [0.25, 0.3) is 0 Å². The van der Waals surface area contributed by atoms with Crippen LogP contribution in [0.5, 0.6) is 0 Å². The summed E-state index contributed by atoms with van der Waals surface area (Å²) in [5, 5.41) is 5.15. The van der Waals surface area contributed by atoms with Gasteiger partial charge in [-0.05, 0) is 28.6 Å². The summed E-state index contributed by atoms with van der Waals surface area (Å²) in [6.07, 6.45) is 10.8. The summed E-state index contributed by atoms with van der Waals surface area (Å²) < 4.78 is 1.96. The summed E-state index contributed by atoms with van der Waals surface area (Å²) in [5.41, 5.74) is 5.39. The molecule has 0 radical (unpaired) electrons. The van der Waals surface area contributed by atoms with Crippen molar-refractivity contribution in [1.82, 2.24) is 14.4 Å². The van der Waals surface area contributed by atoms with E-state index in [1.165, 1.54) is 11.1 Å². The first-order valence-electron chi connectivity index (χ1n) is 7.46. The molecule has 3 heterocycles. The minimum Gasteiger partial charge on any atom is -0.372 e. The van der Waals surface area contributed by atoms with Crippen molar-refractivity contribution < 1.29 is 0 Å². The topological polar surface area (TPSA) is 42.2 Å². The molecule has 5 rings (SSSR count). The van der Waals surface area contributed by atoms with Crippen molar-refractivity contribution in [2.24, 2.45) is 0 Å². The molecule has 0 saturated carbocycles. The lowest BCUT2D eigenvalue weighted by Crippen LogP contribution is -1.95. The molecule has 0 aliphatic heterocycles. The highest BCUT2D eigenvalue weighted by atomic mass is 32.1. The number of thiophene rings is 1. The van der Waals surface area contributed by atoms with Crippen LogP contribution in [0.3, 0.4) is 0 Å². The van der Waals surface area contributed by atoms with Gasteiger partial charge in [-0.25, -0.2) is 4.98 Å².